The van der Waals surface area contributed by atoms with Crippen molar-refractivity contribution < 1.29 is 5.11 Å². The van der Waals surface area contributed by atoms with Crippen LogP contribution in [0, 0.1) is 5.92 Å². The molecule has 0 aliphatic heterocycles. The van der Waals surface area contributed by atoms with Gasteiger partial charge in [-0.2, -0.15) is 0 Å². The summed E-state index contributed by atoms with van der Waals surface area (Å²) in [5, 5.41) is 16.6. The molecule has 3 N–H and O–H groups in total. The van der Waals surface area contributed by atoms with Gasteiger partial charge >= 0.3 is 0 Å². The highest BCUT2D eigenvalue weighted by Crippen LogP contribution is 2.36. The van der Waals surface area contributed by atoms with Crippen molar-refractivity contribution in [1.29, 1.82) is 0 Å². The molecule has 0 atom stereocenters. The van der Waals surface area contributed by atoms with E-state index in [1.54, 1.807) is 6.33 Å². The van der Waals surface area contributed by atoms with E-state index in [-0.39, 0.29) is 12.1 Å². The van der Waals surface area contributed by atoms with Crippen molar-refractivity contribution in [1.82, 2.24) is 9.97 Å². The number of rotatable bonds is 6. The Morgan fingerprint density at radius 3 is 2.62 bits per heavy atom. The zero-order valence-corrected chi connectivity index (χ0v) is 14.4. The SMILES string of the molecule is CCCNc1ncnc(NC2(CO)CCC(C)CC2)c1Br. The zero-order chi connectivity index (χ0) is 15.3. The number of aliphatic hydroxyl groups is 1. The fraction of sp³-hybridized carbons (Fsp3) is 0.733. The van der Waals surface area contributed by atoms with Gasteiger partial charge in [-0.3, -0.25) is 0 Å². The molecular formula is C15H25BrN4O. The molecule has 21 heavy (non-hydrogen) atoms. The summed E-state index contributed by atoms with van der Waals surface area (Å²) >= 11 is 3.57. The summed E-state index contributed by atoms with van der Waals surface area (Å²) in [4.78, 5) is 8.59. The van der Waals surface area contributed by atoms with Gasteiger partial charge in [0.1, 0.15) is 22.4 Å². The molecule has 0 radical (unpaired) electrons. The molecular weight excluding hydrogens is 332 g/mol. The van der Waals surface area contributed by atoms with Crippen LogP contribution in [0.15, 0.2) is 10.8 Å². The third kappa shape index (κ3) is 4.07. The maximum atomic E-state index is 9.85. The first-order chi connectivity index (χ1) is 10.1. The van der Waals surface area contributed by atoms with Crippen molar-refractivity contribution in [2.24, 2.45) is 5.92 Å². The molecule has 1 heterocycles. The van der Waals surface area contributed by atoms with Gasteiger partial charge in [0.25, 0.3) is 0 Å². The van der Waals surface area contributed by atoms with Gasteiger partial charge < -0.3 is 15.7 Å². The first-order valence-corrected chi connectivity index (χ1v) is 8.53. The summed E-state index contributed by atoms with van der Waals surface area (Å²) in [6, 6.07) is 0. The number of nitrogens with zero attached hydrogens (tertiary/aromatic N) is 2. The predicted molar refractivity (Wildman–Crippen MR) is 89.6 cm³/mol. The topological polar surface area (TPSA) is 70.1 Å². The van der Waals surface area contributed by atoms with E-state index in [1.165, 1.54) is 0 Å². The molecule has 0 bridgehead atoms. The van der Waals surface area contributed by atoms with Gasteiger partial charge in [-0.05, 0) is 54.0 Å². The van der Waals surface area contributed by atoms with Crippen LogP contribution in [-0.4, -0.2) is 33.8 Å². The fourth-order valence-electron chi connectivity index (χ4n) is 2.71. The number of aliphatic hydroxyl groups excluding tert-OH is 1. The number of anilines is 2. The summed E-state index contributed by atoms with van der Waals surface area (Å²) < 4.78 is 0.838. The lowest BCUT2D eigenvalue weighted by molar-refractivity contribution is 0.155. The smallest absolute Gasteiger partial charge is 0.146 e. The first kappa shape index (κ1) is 16.5. The predicted octanol–water partition coefficient (Wildman–Crippen LogP) is 3.41. The molecule has 0 aromatic carbocycles. The minimum atomic E-state index is -0.259. The average molecular weight is 357 g/mol. The van der Waals surface area contributed by atoms with Crippen molar-refractivity contribution in [3.8, 4) is 0 Å². The van der Waals surface area contributed by atoms with Gasteiger partial charge in [-0.15, -0.1) is 0 Å². The van der Waals surface area contributed by atoms with Crippen LogP contribution in [-0.2, 0) is 0 Å². The second kappa shape index (κ2) is 7.40. The standard InChI is InChI=1S/C15H25BrN4O/c1-3-8-17-13-12(16)14(19-10-18-13)20-15(9-21)6-4-11(2)5-7-15/h10-11,21H,3-9H2,1-2H3,(H2,17,18,19,20). The summed E-state index contributed by atoms with van der Waals surface area (Å²) in [5.41, 5.74) is -0.259. The summed E-state index contributed by atoms with van der Waals surface area (Å²) in [6.07, 6.45) is 6.81. The maximum absolute atomic E-state index is 9.85. The highest BCUT2D eigenvalue weighted by atomic mass is 79.9. The van der Waals surface area contributed by atoms with Crippen molar-refractivity contribution in [2.75, 3.05) is 23.8 Å². The molecule has 0 saturated heterocycles. The van der Waals surface area contributed by atoms with E-state index in [0.717, 1.165) is 60.7 Å². The molecule has 1 aromatic rings. The van der Waals surface area contributed by atoms with Gasteiger partial charge in [-0.25, -0.2) is 9.97 Å². The molecule has 1 aliphatic carbocycles. The van der Waals surface area contributed by atoms with Gasteiger partial charge in [-0.1, -0.05) is 13.8 Å². The lowest BCUT2D eigenvalue weighted by Crippen LogP contribution is -2.45. The molecule has 5 nitrogen and oxygen atoms in total. The van der Waals surface area contributed by atoms with E-state index >= 15 is 0 Å². The Morgan fingerprint density at radius 2 is 2.00 bits per heavy atom. The van der Waals surface area contributed by atoms with Crippen LogP contribution in [0.1, 0.15) is 46.0 Å². The van der Waals surface area contributed by atoms with E-state index in [1.807, 2.05) is 0 Å². The van der Waals surface area contributed by atoms with Crippen LogP contribution < -0.4 is 10.6 Å². The molecule has 1 fully saturated rings. The summed E-state index contributed by atoms with van der Waals surface area (Å²) in [5.74, 6) is 2.29. The van der Waals surface area contributed by atoms with Crippen LogP contribution in [0.5, 0.6) is 0 Å². The first-order valence-electron chi connectivity index (χ1n) is 7.73. The number of halogens is 1. The fourth-order valence-corrected chi connectivity index (χ4v) is 3.16. The van der Waals surface area contributed by atoms with Crippen LogP contribution in [0.4, 0.5) is 11.6 Å². The Morgan fingerprint density at radius 1 is 1.33 bits per heavy atom. The average Bonchev–Trinajstić information content (AvgIpc) is 2.51. The molecule has 0 unspecified atom stereocenters. The Balaban J connectivity index is 2.14. The number of hydrogen-bond acceptors (Lipinski definition) is 5. The highest BCUT2D eigenvalue weighted by Gasteiger charge is 2.34. The number of aromatic nitrogens is 2. The minimum absolute atomic E-state index is 0.133. The molecule has 118 valence electrons. The summed E-state index contributed by atoms with van der Waals surface area (Å²) in [6.45, 7) is 5.39. The van der Waals surface area contributed by atoms with Gasteiger partial charge in [0, 0.05) is 6.54 Å². The number of hydrogen-bond donors (Lipinski definition) is 3. The quantitative estimate of drug-likeness (QED) is 0.728. The maximum Gasteiger partial charge on any atom is 0.146 e. The zero-order valence-electron chi connectivity index (χ0n) is 12.8. The van der Waals surface area contributed by atoms with Crippen molar-refractivity contribution in [2.45, 2.75) is 51.5 Å². The second-order valence-electron chi connectivity index (χ2n) is 6.06. The third-order valence-electron chi connectivity index (χ3n) is 4.25. The lowest BCUT2D eigenvalue weighted by Gasteiger charge is -2.39. The van der Waals surface area contributed by atoms with Crippen LogP contribution >= 0.6 is 15.9 Å². The molecule has 0 amide bonds. The molecule has 6 heteroatoms. The van der Waals surface area contributed by atoms with Crippen LogP contribution in [0.2, 0.25) is 0 Å². The van der Waals surface area contributed by atoms with E-state index in [4.69, 9.17) is 0 Å². The normalized spacial score (nSPS) is 25.6. The Bertz CT molecular complexity index is 461. The summed E-state index contributed by atoms with van der Waals surface area (Å²) in [7, 11) is 0. The Kier molecular flexibility index (Phi) is 5.81. The van der Waals surface area contributed by atoms with E-state index in [2.05, 4.69) is 50.4 Å². The number of nitrogens with one attached hydrogen (secondary N) is 2. The lowest BCUT2D eigenvalue weighted by atomic mass is 9.77. The molecule has 2 rings (SSSR count). The third-order valence-corrected chi connectivity index (χ3v) is 5.00. The molecule has 1 aliphatic rings. The second-order valence-corrected chi connectivity index (χ2v) is 6.85. The highest BCUT2D eigenvalue weighted by molar-refractivity contribution is 9.10. The largest absolute Gasteiger partial charge is 0.394 e. The Labute approximate surface area is 135 Å². The van der Waals surface area contributed by atoms with Gasteiger partial charge in [0.15, 0.2) is 0 Å². The Hall–Kier alpha value is -0.880. The molecule has 1 saturated carbocycles. The van der Waals surface area contributed by atoms with E-state index < -0.39 is 0 Å². The van der Waals surface area contributed by atoms with Gasteiger partial charge in [0.05, 0.1) is 12.1 Å². The van der Waals surface area contributed by atoms with Crippen molar-refractivity contribution in [3.05, 3.63) is 10.8 Å². The molecule has 0 spiro atoms. The van der Waals surface area contributed by atoms with E-state index in [9.17, 15) is 5.11 Å². The van der Waals surface area contributed by atoms with E-state index in [0.29, 0.717) is 0 Å². The van der Waals surface area contributed by atoms with Crippen molar-refractivity contribution in [3.63, 3.8) is 0 Å². The van der Waals surface area contributed by atoms with Crippen molar-refractivity contribution >= 4 is 27.6 Å². The molecule has 1 aromatic heterocycles. The minimum Gasteiger partial charge on any atom is -0.394 e. The van der Waals surface area contributed by atoms with Crippen LogP contribution in [0.3, 0.4) is 0 Å². The van der Waals surface area contributed by atoms with Gasteiger partial charge in [0.2, 0.25) is 0 Å². The monoisotopic (exact) mass is 356 g/mol. The van der Waals surface area contributed by atoms with Crippen LogP contribution in [0.25, 0.3) is 0 Å².